The smallest absolute Gasteiger partial charge is 0.0239 e. The molecule has 2 aliphatic heterocycles. The van der Waals surface area contributed by atoms with E-state index in [9.17, 15) is 0 Å². The van der Waals surface area contributed by atoms with Crippen LogP contribution in [0.15, 0.2) is 30.3 Å². The third-order valence-electron chi connectivity index (χ3n) is 4.87. The van der Waals surface area contributed by atoms with Crippen LogP contribution in [0.1, 0.15) is 37.7 Å². The molecule has 1 aromatic rings. The summed E-state index contributed by atoms with van der Waals surface area (Å²) < 4.78 is 0. The van der Waals surface area contributed by atoms with Gasteiger partial charge in [0, 0.05) is 25.7 Å². The molecule has 0 atom stereocenters. The van der Waals surface area contributed by atoms with Crippen LogP contribution < -0.4 is 5.43 Å². The Bertz CT molecular complexity index is 392. The zero-order chi connectivity index (χ0) is 14.3. The molecule has 2 saturated heterocycles. The molecule has 3 heteroatoms. The normalized spacial score (nSPS) is 22.5. The van der Waals surface area contributed by atoms with Gasteiger partial charge in [-0.15, -0.1) is 0 Å². The average Bonchev–Trinajstić information content (AvgIpc) is 2.56. The summed E-state index contributed by atoms with van der Waals surface area (Å²) in [4.78, 5) is 2.63. The van der Waals surface area contributed by atoms with Crippen LogP contribution in [0.3, 0.4) is 0 Å². The van der Waals surface area contributed by atoms with Crippen LogP contribution in [0.4, 0.5) is 0 Å². The quantitative estimate of drug-likeness (QED) is 0.898. The topological polar surface area (TPSA) is 18.5 Å². The summed E-state index contributed by atoms with van der Waals surface area (Å²) in [6, 6.07) is 11.6. The molecular formula is C18H29N3. The standard InChI is InChI=1S/C18H29N3/c1-3-7-17(8-4-1)9-14-20-15-10-18(11-16-20)19-21-12-5-2-6-13-21/h1,3-4,7-8,18-19H,2,5-6,9-16H2. The van der Waals surface area contributed by atoms with Crippen LogP contribution in [0.2, 0.25) is 0 Å². The molecule has 2 heterocycles. The highest BCUT2D eigenvalue weighted by atomic mass is 15.5. The van der Waals surface area contributed by atoms with Gasteiger partial charge in [0.2, 0.25) is 0 Å². The van der Waals surface area contributed by atoms with Crippen LogP contribution in [0, 0.1) is 0 Å². The second kappa shape index (κ2) is 7.92. The number of hydrogen-bond donors (Lipinski definition) is 1. The summed E-state index contributed by atoms with van der Waals surface area (Å²) in [7, 11) is 0. The lowest BCUT2D eigenvalue weighted by atomic mass is 10.0. The number of rotatable bonds is 5. The van der Waals surface area contributed by atoms with Gasteiger partial charge in [-0.2, -0.15) is 0 Å². The number of nitrogens with zero attached hydrogens (tertiary/aromatic N) is 2. The third-order valence-corrected chi connectivity index (χ3v) is 4.87. The van der Waals surface area contributed by atoms with Crippen LogP contribution in [0.25, 0.3) is 0 Å². The lowest BCUT2D eigenvalue weighted by Crippen LogP contribution is -2.51. The van der Waals surface area contributed by atoms with E-state index in [1.165, 1.54) is 76.8 Å². The summed E-state index contributed by atoms with van der Waals surface area (Å²) in [6.07, 6.45) is 7.92. The lowest BCUT2D eigenvalue weighted by Gasteiger charge is -2.37. The molecule has 3 rings (SSSR count). The van der Waals surface area contributed by atoms with Gasteiger partial charge in [-0.1, -0.05) is 36.8 Å². The number of likely N-dealkylation sites (tertiary alicyclic amines) is 1. The number of hydrazine groups is 1. The fourth-order valence-electron chi connectivity index (χ4n) is 3.50. The molecule has 0 aliphatic carbocycles. The highest BCUT2D eigenvalue weighted by molar-refractivity contribution is 5.14. The maximum atomic E-state index is 3.76. The van der Waals surface area contributed by atoms with Gasteiger partial charge in [-0.25, -0.2) is 5.01 Å². The first-order valence-electron chi connectivity index (χ1n) is 8.67. The van der Waals surface area contributed by atoms with E-state index in [0.29, 0.717) is 6.04 Å². The van der Waals surface area contributed by atoms with Gasteiger partial charge < -0.3 is 4.90 Å². The highest BCUT2D eigenvalue weighted by Gasteiger charge is 2.21. The SMILES string of the molecule is c1ccc(CCN2CCC(NN3CCCCC3)CC2)cc1. The molecule has 2 fully saturated rings. The zero-order valence-corrected chi connectivity index (χ0v) is 13.1. The first-order chi connectivity index (χ1) is 10.4. The Morgan fingerprint density at radius 3 is 2.33 bits per heavy atom. The van der Waals surface area contributed by atoms with Gasteiger partial charge in [0.15, 0.2) is 0 Å². The Morgan fingerprint density at radius 2 is 1.62 bits per heavy atom. The monoisotopic (exact) mass is 287 g/mol. The van der Waals surface area contributed by atoms with E-state index in [1.54, 1.807) is 0 Å². The fourth-order valence-corrected chi connectivity index (χ4v) is 3.50. The van der Waals surface area contributed by atoms with E-state index in [4.69, 9.17) is 0 Å². The molecule has 0 unspecified atom stereocenters. The molecule has 3 nitrogen and oxygen atoms in total. The lowest BCUT2D eigenvalue weighted by molar-refractivity contribution is 0.0941. The number of benzene rings is 1. The van der Waals surface area contributed by atoms with E-state index >= 15 is 0 Å². The highest BCUT2D eigenvalue weighted by Crippen LogP contribution is 2.14. The first kappa shape index (κ1) is 15.0. The largest absolute Gasteiger partial charge is 0.303 e. The molecule has 0 spiro atoms. The Kier molecular flexibility index (Phi) is 5.67. The maximum absolute atomic E-state index is 3.76. The Morgan fingerprint density at radius 1 is 0.905 bits per heavy atom. The van der Waals surface area contributed by atoms with Gasteiger partial charge in [0.25, 0.3) is 0 Å². The van der Waals surface area contributed by atoms with Gasteiger partial charge in [-0.3, -0.25) is 5.43 Å². The minimum Gasteiger partial charge on any atom is -0.303 e. The van der Waals surface area contributed by atoms with E-state index in [2.05, 4.69) is 45.7 Å². The van der Waals surface area contributed by atoms with Crippen molar-refractivity contribution in [3.05, 3.63) is 35.9 Å². The van der Waals surface area contributed by atoms with Gasteiger partial charge in [0.1, 0.15) is 0 Å². The van der Waals surface area contributed by atoms with Gasteiger partial charge in [0.05, 0.1) is 0 Å². The number of hydrogen-bond acceptors (Lipinski definition) is 3. The van der Waals surface area contributed by atoms with Gasteiger partial charge in [-0.05, 0) is 50.8 Å². The first-order valence-corrected chi connectivity index (χ1v) is 8.67. The van der Waals surface area contributed by atoms with Crippen molar-refractivity contribution >= 4 is 0 Å². The van der Waals surface area contributed by atoms with Crippen molar-refractivity contribution in [3.63, 3.8) is 0 Å². The van der Waals surface area contributed by atoms with Crippen molar-refractivity contribution in [1.82, 2.24) is 15.3 Å². The molecule has 0 bridgehead atoms. The summed E-state index contributed by atoms with van der Waals surface area (Å²) in [5.41, 5.74) is 5.22. The molecule has 0 aromatic heterocycles. The van der Waals surface area contributed by atoms with Crippen molar-refractivity contribution in [2.24, 2.45) is 0 Å². The second-order valence-electron chi connectivity index (χ2n) is 6.53. The second-order valence-corrected chi connectivity index (χ2v) is 6.53. The maximum Gasteiger partial charge on any atom is 0.0239 e. The van der Waals surface area contributed by atoms with E-state index in [0.717, 1.165) is 0 Å². The predicted molar refractivity (Wildman–Crippen MR) is 88.2 cm³/mol. The van der Waals surface area contributed by atoms with E-state index < -0.39 is 0 Å². The molecule has 2 aliphatic rings. The number of piperidine rings is 2. The number of nitrogens with one attached hydrogen (secondary N) is 1. The van der Waals surface area contributed by atoms with Crippen molar-refractivity contribution in [3.8, 4) is 0 Å². The molecule has 1 aromatic carbocycles. The third kappa shape index (κ3) is 4.80. The summed E-state index contributed by atoms with van der Waals surface area (Å²) in [5, 5.41) is 2.47. The van der Waals surface area contributed by atoms with E-state index in [1.807, 2.05) is 0 Å². The van der Waals surface area contributed by atoms with E-state index in [-0.39, 0.29) is 0 Å². The minimum absolute atomic E-state index is 0.705. The Labute approximate surface area is 129 Å². The Hall–Kier alpha value is -0.900. The molecule has 0 radical (unpaired) electrons. The average molecular weight is 287 g/mol. The molecule has 21 heavy (non-hydrogen) atoms. The predicted octanol–water partition coefficient (Wildman–Crippen LogP) is 2.68. The van der Waals surface area contributed by atoms with Crippen LogP contribution >= 0.6 is 0 Å². The van der Waals surface area contributed by atoms with Crippen molar-refractivity contribution in [2.75, 3.05) is 32.7 Å². The summed E-state index contributed by atoms with van der Waals surface area (Å²) in [6.45, 7) is 6.19. The molecule has 0 amide bonds. The molecule has 0 saturated carbocycles. The Balaban J connectivity index is 1.35. The van der Waals surface area contributed by atoms with Crippen molar-refractivity contribution in [1.29, 1.82) is 0 Å². The van der Waals surface area contributed by atoms with Crippen molar-refractivity contribution in [2.45, 2.75) is 44.6 Å². The van der Waals surface area contributed by atoms with Gasteiger partial charge >= 0.3 is 0 Å². The summed E-state index contributed by atoms with van der Waals surface area (Å²) in [5.74, 6) is 0. The van der Waals surface area contributed by atoms with Crippen molar-refractivity contribution < 1.29 is 0 Å². The summed E-state index contributed by atoms with van der Waals surface area (Å²) >= 11 is 0. The molecular weight excluding hydrogens is 258 g/mol. The molecule has 1 N–H and O–H groups in total. The fraction of sp³-hybridized carbons (Fsp3) is 0.667. The zero-order valence-electron chi connectivity index (χ0n) is 13.1. The minimum atomic E-state index is 0.705. The van der Waals surface area contributed by atoms with Crippen LogP contribution in [0.5, 0.6) is 0 Å². The molecule has 116 valence electrons. The van der Waals surface area contributed by atoms with Crippen LogP contribution in [-0.2, 0) is 6.42 Å². The van der Waals surface area contributed by atoms with Crippen LogP contribution in [-0.4, -0.2) is 48.7 Å².